The highest BCUT2D eigenvalue weighted by Gasteiger charge is 2.38. The molecular formula is C11H8ClF6NO3. The van der Waals surface area contributed by atoms with E-state index in [1.54, 1.807) is 0 Å². The molecule has 11 heteroatoms. The van der Waals surface area contributed by atoms with E-state index in [0.29, 0.717) is 0 Å². The lowest BCUT2D eigenvalue weighted by molar-refractivity contribution is -0.276. The van der Waals surface area contributed by atoms with Crippen LogP contribution in [0.4, 0.5) is 26.3 Å². The molecule has 0 aromatic carbocycles. The van der Waals surface area contributed by atoms with Gasteiger partial charge >= 0.3 is 18.5 Å². The molecule has 22 heavy (non-hydrogen) atoms. The zero-order chi connectivity index (χ0) is 17.1. The summed E-state index contributed by atoms with van der Waals surface area (Å²) in [5, 5.41) is 0. The molecule has 1 rings (SSSR count). The maximum Gasteiger partial charge on any atom is 0.574 e. The SMILES string of the molecule is COC(=O)Cc1nc(OC(F)(F)F)cc(C(F)(F)F)c1CCl. The van der Waals surface area contributed by atoms with Crippen molar-refractivity contribution < 1.29 is 40.6 Å². The summed E-state index contributed by atoms with van der Waals surface area (Å²) in [5.41, 5.74) is -2.68. The van der Waals surface area contributed by atoms with Crippen LogP contribution in [0, 0.1) is 0 Å². The van der Waals surface area contributed by atoms with Gasteiger partial charge in [-0.1, -0.05) is 0 Å². The fourth-order valence-electron chi connectivity index (χ4n) is 1.53. The van der Waals surface area contributed by atoms with E-state index in [1.165, 1.54) is 0 Å². The Morgan fingerprint density at radius 1 is 1.27 bits per heavy atom. The summed E-state index contributed by atoms with van der Waals surface area (Å²) in [4.78, 5) is 14.4. The lowest BCUT2D eigenvalue weighted by Crippen LogP contribution is -2.21. The second-order valence-electron chi connectivity index (χ2n) is 3.87. The van der Waals surface area contributed by atoms with E-state index in [9.17, 15) is 31.1 Å². The third kappa shape index (κ3) is 4.93. The summed E-state index contributed by atoms with van der Waals surface area (Å²) in [6.07, 6.45) is -11.0. The highest BCUT2D eigenvalue weighted by atomic mass is 35.5. The Morgan fingerprint density at radius 3 is 2.27 bits per heavy atom. The lowest BCUT2D eigenvalue weighted by Gasteiger charge is -2.17. The normalized spacial score (nSPS) is 12.2. The van der Waals surface area contributed by atoms with E-state index in [0.717, 1.165) is 7.11 Å². The first-order chi connectivity index (χ1) is 9.97. The summed E-state index contributed by atoms with van der Waals surface area (Å²) < 4.78 is 82.8. The third-order valence-corrected chi connectivity index (χ3v) is 2.65. The molecular weight excluding hydrogens is 344 g/mol. The van der Waals surface area contributed by atoms with Crippen LogP contribution in [-0.4, -0.2) is 24.4 Å². The topological polar surface area (TPSA) is 48.4 Å². The molecule has 0 aliphatic heterocycles. The first-order valence-corrected chi connectivity index (χ1v) is 6.00. The Kier molecular flexibility index (Phi) is 5.49. The number of hydrogen-bond donors (Lipinski definition) is 0. The second kappa shape index (κ2) is 6.59. The quantitative estimate of drug-likeness (QED) is 0.473. The van der Waals surface area contributed by atoms with Crippen LogP contribution in [0.25, 0.3) is 0 Å². The van der Waals surface area contributed by atoms with E-state index in [4.69, 9.17) is 11.6 Å². The average Bonchev–Trinajstić information content (AvgIpc) is 2.35. The van der Waals surface area contributed by atoms with E-state index in [-0.39, 0.29) is 6.07 Å². The maximum atomic E-state index is 12.9. The molecule has 0 spiro atoms. The van der Waals surface area contributed by atoms with Gasteiger partial charge in [-0.15, -0.1) is 24.8 Å². The van der Waals surface area contributed by atoms with Crippen molar-refractivity contribution in [2.24, 2.45) is 0 Å². The van der Waals surface area contributed by atoms with Crippen molar-refractivity contribution in [1.82, 2.24) is 4.98 Å². The standard InChI is InChI=1S/C11H8ClF6NO3/c1-21-9(20)3-7-5(4-12)6(10(13,14)15)2-8(19-7)22-11(16,17)18/h2H,3-4H2,1H3. The predicted octanol–water partition coefficient (Wildman–Crippen LogP) is 3.45. The highest BCUT2D eigenvalue weighted by Crippen LogP contribution is 2.37. The first-order valence-electron chi connectivity index (χ1n) is 5.46. The van der Waals surface area contributed by atoms with Crippen LogP contribution in [0.2, 0.25) is 0 Å². The Bertz CT molecular complexity index is 558. The molecule has 0 amide bonds. The molecule has 0 saturated carbocycles. The van der Waals surface area contributed by atoms with Gasteiger partial charge in [0.1, 0.15) is 0 Å². The molecule has 0 atom stereocenters. The van der Waals surface area contributed by atoms with Crippen LogP contribution < -0.4 is 4.74 Å². The highest BCUT2D eigenvalue weighted by molar-refractivity contribution is 6.17. The molecule has 4 nitrogen and oxygen atoms in total. The van der Waals surface area contributed by atoms with Gasteiger partial charge in [0.05, 0.1) is 24.8 Å². The van der Waals surface area contributed by atoms with Crippen LogP contribution in [0.5, 0.6) is 5.88 Å². The summed E-state index contributed by atoms with van der Waals surface area (Å²) in [5.74, 6) is -3.04. The fourth-order valence-corrected chi connectivity index (χ4v) is 1.83. The lowest BCUT2D eigenvalue weighted by atomic mass is 10.1. The zero-order valence-corrected chi connectivity index (χ0v) is 11.6. The number of methoxy groups -OCH3 is 1. The first kappa shape index (κ1) is 18.3. The monoisotopic (exact) mass is 351 g/mol. The molecule has 0 saturated heterocycles. The van der Waals surface area contributed by atoms with Gasteiger partial charge in [-0.25, -0.2) is 4.98 Å². The second-order valence-corrected chi connectivity index (χ2v) is 4.13. The number of carbonyl (C=O) groups is 1. The van der Waals surface area contributed by atoms with Crippen molar-refractivity contribution in [3.63, 3.8) is 0 Å². The molecule has 0 radical (unpaired) electrons. The molecule has 0 aliphatic rings. The van der Waals surface area contributed by atoms with Crippen LogP contribution in [-0.2, 0) is 28.0 Å². The van der Waals surface area contributed by atoms with Crippen LogP contribution in [0.1, 0.15) is 16.8 Å². The Hall–Kier alpha value is -1.71. The van der Waals surface area contributed by atoms with E-state index >= 15 is 0 Å². The zero-order valence-electron chi connectivity index (χ0n) is 10.8. The minimum absolute atomic E-state index is 0.0754. The number of aromatic nitrogens is 1. The van der Waals surface area contributed by atoms with E-state index in [1.807, 2.05) is 0 Å². The van der Waals surface area contributed by atoms with E-state index in [2.05, 4.69) is 14.5 Å². The van der Waals surface area contributed by atoms with Crippen molar-refractivity contribution in [1.29, 1.82) is 0 Å². The van der Waals surface area contributed by atoms with Crippen molar-refractivity contribution in [2.75, 3.05) is 7.11 Å². The minimum Gasteiger partial charge on any atom is -0.469 e. The number of pyridine rings is 1. The number of halogens is 7. The maximum absolute atomic E-state index is 12.9. The largest absolute Gasteiger partial charge is 0.574 e. The number of carbonyl (C=O) groups excluding carboxylic acids is 1. The van der Waals surface area contributed by atoms with Crippen molar-refractivity contribution in [3.05, 3.63) is 22.9 Å². The fraction of sp³-hybridized carbons (Fsp3) is 0.455. The number of rotatable bonds is 4. The van der Waals surface area contributed by atoms with Crippen LogP contribution >= 0.6 is 11.6 Å². The average molecular weight is 352 g/mol. The summed E-state index contributed by atoms with van der Waals surface area (Å²) in [6, 6.07) is 0.0754. The van der Waals surface area contributed by atoms with Crippen molar-refractivity contribution in [3.8, 4) is 5.88 Å². The molecule has 1 aromatic rings. The summed E-state index contributed by atoms with van der Waals surface area (Å²) >= 11 is 5.40. The van der Waals surface area contributed by atoms with Gasteiger partial charge in [0.2, 0.25) is 5.88 Å². The molecule has 0 bridgehead atoms. The molecule has 124 valence electrons. The minimum atomic E-state index is -5.24. The summed E-state index contributed by atoms with van der Waals surface area (Å²) in [7, 11) is 0.962. The predicted molar refractivity (Wildman–Crippen MR) is 61.2 cm³/mol. The van der Waals surface area contributed by atoms with Gasteiger partial charge in [-0.3, -0.25) is 4.79 Å². The Labute approximate surface area is 125 Å². The molecule has 1 aromatic heterocycles. The van der Waals surface area contributed by atoms with Crippen molar-refractivity contribution in [2.45, 2.75) is 24.8 Å². The van der Waals surface area contributed by atoms with Gasteiger partial charge < -0.3 is 9.47 Å². The van der Waals surface area contributed by atoms with Gasteiger partial charge in [-0.2, -0.15) is 13.2 Å². The summed E-state index contributed by atoms with van der Waals surface area (Å²) in [6.45, 7) is 0. The number of alkyl halides is 7. The molecule has 0 fully saturated rings. The van der Waals surface area contributed by atoms with Gasteiger partial charge in [0.25, 0.3) is 0 Å². The third-order valence-electron chi connectivity index (χ3n) is 2.39. The van der Waals surface area contributed by atoms with Crippen LogP contribution in [0.15, 0.2) is 6.07 Å². The Balaban J connectivity index is 3.44. The number of ether oxygens (including phenoxy) is 2. The van der Waals surface area contributed by atoms with Gasteiger partial charge in [0.15, 0.2) is 0 Å². The Morgan fingerprint density at radius 2 is 1.86 bits per heavy atom. The van der Waals surface area contributed by atoms with Gasteiger partial charge in [0, 0.05) is 17.5 Å². The number of nitrogens with zero attached hydrogens (tertiary/aromatic N) is 1. The van der Waals surface area contributed by atoms with Crippen LogP contribution in [0.3, 0.4) is 0 Å². The smallest absolute Gasteiger partial charge is 0.469 e. The molecule has 0 N–H and O–H groups in total. The number of hydrogen-bond acceptors (Lipinski definition) is 4. The van der Waals surface area contributed by atoms with Crippen molar-refractivity contribution >= 4 is 17.6 Å². The molecule has 1 heterocycles. The number of esters is 1. The molecule has 0 unspecified atom stereocenters. The molecule has 0 aliphatic carbocycles. The van der Waals surface area contributed by atoms with E-state index < -0.39 is 53.5 Å². The van der Waals surface area contributed by atoms with Gasteiger partial charge in [-0.05, 0) is 0 Å².